The van der Waals surface area contributed by atoms with E-state index >= 15 is 0 Å². The quantitative estimate of drug-likeness (QED) is 0.874. The zero-order valence-electron chi connectivity index (χ0n) is 13.5. The monoisotopic (exact) mass is 364 g/mol. The molecule has 25 heavy (non-hydrogen) atoms. The summed E-state index contributed by atoms with van der Waals surface area (Å²) in [6.07, 6.45) is 1.57. The van der Waals surface area contributed by atoms with E-state index in [-0.39, 0.29) is 18.4 Å². The molecule has 1 fully saturated rings. The minimum atomic E-state index is -0.394. The van der Waals surface area contributed by atoms with E-state index in [1.165, 1.54) is 12.1 Å². The lowest BCUT2D eigenvalue weighted by molar-refractivity contribution is -0.117. The number of aromatic nitrogens is 1. The van der Waals surface area contributed by atoms with Crippen LogP contribution in [0.25, 0.3) is 0 Å². The molecular formula is C17H18ClFN4O2. The third kappa shape index (κ3) is 4.58. The Morgan fingerprint density at radius 3 is 2.60 bits per heavy atom. The topological polar surface area (TPSA) is 68.4 Å². The Bertz CT molecular complexity index is 772. The highest BCUT2D eigenvalue weighted by molar-refractivity contribution is 6.30. The third-order valence-electron chi connectivity index (χ3n) is 4.01. The van der Waals surface area contributed by atoms with Crippen LogP contribution in [-0.2, 0) is 4.79 Å². The number of rotatable bonds is 4. The lowest BCUT2D eigenvalue weighted by Gasteiger charge is -2.34. The summed E-state index contributed by atoms with van der Waals surface area (Å²) < 4.78 is 13.1. The largest absolute Gasteiger partial charge is 0.356 e. The van der Waals surface area contributed by atoms with Gasteiger partial charge < -0.3 is 15.2 Å². The number of carbonyl (C=O) groups excluding carboxylic acids is 2. The summed E-state index contributed by atoms with van der Waals surface area (Å²) in [7, 11) is 0. The minimum absolute atomic E-state index is 0.101. The van der Waals surface area contributed by atoms with Gasteiger partial charge in [-0.15, -0.1) is 0 Å². The summed E-state index contributed by atoms with van der Waals surface area (Å²) >= 11 is 5.82. The Labute approximate surface area is 149 Å². The molecule has 2 N–H and O–H groups in total. The summed E-state index contributed by atoms with van der Waals surface area (Å²) in [5.41, 5.74) is 0.893. The van der Waals surface area contributed by atoms with Crippen LogP contribution in [0.4, 0.5) is 10.1 Å². The van der Waals surface area contributed by atoms with Crippen LogP contribution in [-0.4, -0.2) is 59.3 Å². The van der Waals surface area contributed by atoms with Crippen molar-refractivity contribution in [1.82, 2.24) is 14.8 Å². The van der Waals surface area contributed by atoms with Crippen molar-refractivity contribution in [2.24, 2.45) is 0 Å². The van der Waals surface area contributed by atoms with Crippen molar-refractivity contribution < 1.29 is 14.0 Å². The first-order valence-corrected chi connectivity index (χ1v) is 8.30. The van der Waals surface area contributed by atoms with Gasteiger partial charge in [-0.3, -0.25) is 14.5 Å². The van der Waals surface area contributed by atoms with Gasteiger partial charge in [-0.25, -0.2) is 4.39 Å². The molecule has 1 saturated heterocycles. The Balaban J connectivity index is 1.47. The summed E-state index contributed by atoms with van der Waals surface area (Å²) in [4.78, 5) is 30.9. The second kappa shape index (κ2) is 7.67. The Morgan fingerprint density at radius 2 is 1.96 bits per heavy atom. The summed E-state index contributed by atoms with van der Waals surface area (Å²) in [6, 6.07) is 7.38. The van der Waals surface area contributed by atoms with E-state index in [0.29, 0.717) is 42.6 Å². The molecule has 0 unspecified atom stereocenters. The molecule has 2 aromatic rings. The lowest BCUT2D eigenvalue weighted by Crippen LogP contribution is -2.50. The second-order valence-electron chi connectivity index (χ2n) is 5.86. The Morgan fingerprint density at radius 1 is 1.20 bits per heavy atom. The fraction of sp³-hybridized carbons (Fsp3) is 0.294. The van der Waals surface area contributed by atoms with E-state index in [2.05, 4.69) is 10.3 Å². The van der Waals surface area contributed by atoms with Crippen LogP contribution in [0.1, 0.15) is 10.5 Å². The highest BCUT2D eigenvalue weighted by Gasteiger charge is 2.24. The van der Waals surface area contributed by atoms with E-state index in [4.69, 9.17) is 11.6 Å². The van der Waals surface area contributed by atoms with Crippen LogP contribution in [0, 0.1) is 5.82 Å². The van der Waals surface area contributed by atoms with Crippen LogP contribution in [0.2, 0.25) is 5.02 Å². The van der Waals surface area contributed by atoms with Gasteiger partial charge in [-0.1, -0.05) is 17.7 Å². The van der Waals surface area contributed by atoms with Gasteiger partial charge >= 0.3 is 0 Å². The number of aromatic amines is 1. The van der Waals surface area contributed by atoms with Crippen molar-refractivity contribution in [3.8, 4) is 0 Å². The zero-order chi connectivity index (χ0) is 17.8. The molecule has 8 heteroatoms. The second-order valence-corrected chi connectivity index (χ2v) is 6.29. The fourth-order valence-electron chi connectivity index (χ4n) is 2.74. The molecule has 2 heterocycles. The number of hydrogen-bond donors (Lipinski definition) is 2. The zero-order valence-corrected chi connectivity index (χ0v) is 14.2. The minimum Gasteiger partial charge on any atom is -0.356 e. The molecule has 0 spiro atoms. The van der Waals surface area contributed by atoms with Crippen molar-refractivity contribution in [1.29, 1.82) is 0 Å². The molecule has 2 amide bonds. The molecule has 0 saturated carbocycles. The van der Waals surface area contributed by atoms with Gasteiger partial charge in [0.15, 0.2) is 0 Å². The van der Waals surface area contributed by atoms with Crippen molar-refractivity contribution in [3.63, 3.8) is 0 Å². The van der Waals surface area contributed by atoms with Crippen molar-refractivity contribution in [2.45, 2.75) is 0 Å². The number of nitrogens with zero attached hydrogens (tertiary/aromatic N) is 2. The van der Waals surface area contributed by atoms with E-state index in [1.54, 1.807) is 29.3 Å². The first-order chi connectivity index (χ1) is 12.0. The van der Waals surface area contributed by atoms with E-state index in [1.807, 2.05) is 4.90 Å². The predicted molar refractivity (Wildman–Crippen MR) is 93.2 cm³/mol. The van der Waals surface area contributed by atoms with Crippen molar-refractivity contribution >= 4 is 29.1 Å². The van der Waals surface area contributed by atoms with Gasteiger partial charge in [-0.2, -0.15) is 0 Å². The van der Waals surface area contributed by atoms with Gasteiger partial charge in [0.05, 0.1) is 11.6 Å². The van der Waals surface area contributed by atoms with E-state index < -0.39 is 5.82 Å². The smallest absolute Gasteiger partial charge is 0.270 e. The molecular weight excluding hydrogens is 347 g/mol. The summed E-state index contributed by atoms with van der Waals surface area (Å²) in [5, 5.41) is 3.17. The van der Waals surface area contributed by atoms with Crippen LogP contribution in [0.15, 0.2) is 36.5 Å². The molecule has 0 aliphatic carbocycles. The number of carbonyl (C=O) groups is 2. The van der Waals surface area contributed by atoms with Crippen LogP contribution in [0.3, 0.4) is 0 Å². The molecule has 3 rings (SSSR count). The number of anilines is 1. The number of H-pyrrole nitrogens is 1. The fourth-order valence-corrected chi connectivity index (χ4v) is 2.90. The highest BCUT2D eigenvalue weighted by Crippen LogP contribution is 2.13. The predicted octanol–water partition coefficient (Wildman–Crippen LogP) is 2.20. The summed E-state index contributed by atoms with van der Waals surface area (Å²) in [5.74, 6) is -0.702. The van der Waals surface area contributed by atoms with Gasteiger partial charge in [0, 0.05) is 38.1 Å². The standard InChI is InChI=1S/C17H18ClFN4O2/c18-12-8-15(20-10-12)17(25)23-6-4-22(5-7-23)11-16(24)21-14-3-1-2-13(19)9-14/h1-3,8-10,20H,4-7,11H2,(H,21,24). The van der Waals surface area contributed by atoms with Crippen molar-refractivity contribution in [2.75, 3.05) is 38.0 Å². The van der Waals surface area contributed by atoms with Crippen LogP contribution in [0.5, 0.6) is 0 Å². The van der Waals surface area contributed by atoms with Gasteiger partial charge in [0.25, 0.3) is 5.91 Å². The van der Waals surface area contributed by atoms with E-state index in [0.717, 1.165) is 0 Å². The number of benzene rings is 1. The maximum absolute atomic E-state index is 13.1. The molecule has 6 nitrogen and oxygen atoms in total. The maximum atomic E-state index is 13.1. The Kier molecular flexibility index (Phi) is 5.35. The molecule has 1 aromatic carbocycles. The van der Waals surface area contributed by atoms with Crippen LogP contribution < -0.4 is 5.32 Å². The maximum Gasteiger partial charge on any atom is 0.270 e. The van der Waals surface area contributed by atoms with Gasteiger partial charge in [0.1, 0.15) is 11.5 Å². The molecule has 0 bridgehead atoms. The number of hydrogen-bond acceptors (Lipinski definition) is 3. The first kappa shape index (κ1) is 17.4. The van der Waals surface area contributed by atoms with Gasteiger partial charge in [-0.05, 0) is 24.3 Å². The highest BCUT2D eigenvalue weighted by atomic mass is 35.5. The van der Waals surface area contributed by atoms with Crippen LogP contribution >= 0.6 is 11.6 Å². The number of nitrogens with one attached hydrogen (secondary N) is 2. The lowest BCUT2D eigenvalue weighted by atomic mass is 10.2. The van der Waals surface area contributed by atoms with Gasteiger partial charge in [0.2, 0.25) is 5.91 Å². The average molecular weight is 365 g/mol. The molecule has 132 valence electrons. The average Bonchev–Trinajstić information content (AvgIpc) is 3.01. The molecule has 1 aromatic heterocycles. The normalized spacial score (nSPS) is 15.2. The number of halogens is 2. The van der Waals surface area contributed by atoms with E-state index in [9.17, 15) is 14.0 Å². The number of amides is 2. The SMILES string of the molecule is O=C(CN1CCN(C(=O)c2cc(Cl)c[nH]2)CC1)Nc1cccc(F)c1. The Hall–Kier alpha value is -2.38. The molecule has 0 atom stereocenters. The third-order valence-corrected chi connectivity index (χ3v) is 4.23. The number of piperazine rings is 1. The first-order valence-electron chi connectivity index (χ1n) is 7.92. The molecule has 1 aliphatic heterocycles. The van der Waals surface area contributed by atoms with Crippen molar-refractivity contribution in [3.05, 3.63) is 53.1 Å². The molecule has 1 aliphatic rings. The summed E-state index contributed by atoms with van der Waals surface area (Å²) in [6.45, 7) is 2.45. The molecule has 0 radical (unpaired) electrons.